The Balaban J connectivity index is 2.31. The summed E-state index contributed by atoms with van der Waals surface area (Å²) in [7, 11) is 0. The van der Waals surface area contributed by atoms with Gasteiger partial charge in [-0.25, -0.2) is 9.98 Å². The van der Waals surface area contributed by atoms with E-state index in [9.17, 15) is 4.79 Å². The predicted molar refractivity (Wildman–Crippen MR) is 59.3 cm³/mol. The fraction of sp³-hybridized carbons (Fsp3) is 0. The highest BCUT2D eigenvalue weighted by Crippen LogP contribution is 2.04. The first kappa shape index (κ1) is 8.90. The second-order valence-electron chi connectivity index (χ2n) is 2.73. The Morgan fingerprint density at radius 2 is 1.93 bits per heavy atom. The lowest BCUT2D eigenvalue weighted by Crippen LogP contribution is -2.13. The summed E-state index contributed by atoms with van der Waals surface area (Å²) >= 11 is 4.73. The highest BCUT2D eigenvalue weighted by molar-refractivity contribution is 7.80. The van der Waals surface area contributed by atoms with E-state index in [1.54, 1.807) is 24.3 Å². The van der Waals surface area contributed by atoms with Gasteiger partial charge >= 0.3 is 0 Å². The Hall–Kier alpha value is -1.68. The smallest absolute Gasteiger partial charge is 0.219 e. The zero-order valence-electron chi connectivity index (χ0n) is 7.18. The molecule has 0 N–H and O–H groups in total. The summed E-state index contributed by atoms with van der Waals surface area (Å²) in [5.74, 6) is -0.144. The molecule has 0 radical (unpaired) electrons. The minimum atomic E-state index is -0.144. The average Bonchev–Trinajstić information content (AvgIpc) is 2.65. The van der Waals surface area contributed by atoms with Crippen LogP contribution in [0.25, 0.3) is 0 Å². The van der Waals surface area contributed by atoms with Crippen molar-refractivity contribution in [3.8, 4) is 0 Å². The van der Waals surface area contributed by atoms with E-state index in [1.807, 2.05) is 6.07 Å². The lowest BCUT2D eigenvalue weighted by Gasteiger charge is -1.95. The topological polar surface area (TPSA) is 41.8 Å². The van der Waals surface area contributed by atoms with Gasteiger partial charge in [-0.05, 0) is 12.2 Å². The van der Waals surface area contributed by atoms with Gasteiger partial charge in [-0.2, -0.15) is 0 Å². The molecule has 0 unspecified atom stereocenters. The number of hydrogen-bond donors (Lipinski definition) is 0. The summed E-state index contributed by atoms with van der Waals surface area (Å²) in [5, 5.41) is 0.212. The summed E-state index contributed by atoms with van der Waals surface area (Å²) in [4.78, 5) is 19.3. The fourth-order valence-electron chi connectivity index (χ4n) is 1.12. The van der Waals surface area contributed by atoms with Gasteiger partial charge in [0.25, 0.3) is 0 Å². The molecule has 0 bridgehead atoms. The minimum absolute atomic E-state index is 0.144. The average molecular weight is 202 g/mol. The van der Waals surface area contributed by atoms with Crippen molar-refractivity contribution in [2.45, 2.75) is 0 Å². The molecule has 2 rings (SSSR count). The number of carbonyl (C=O) groups excluding carboxylic acids is 1. The van der Waals surface area contributed by atoms with Gasteiger partial charge < -0.3 is 0 Å². The Morgan fingerprint density at radius 1 is 1.21 bits per heavy atom. The largest absolute Gasteiger partial charge is 0.287 e. The van der Waals surface area contributed by atoms with Crippen LogP contribution >= 0.6 is 12.2 Å². The molecule has 1 aromatic rings. The Kier molecular flexibility index (Phi) is 2.28. The van der Waals surface area contributed by atoms with Crippen LogP contribution in [0, 0.1) is 0 Å². The molecule has 0 saturated carbocycles. The number of aliphatic imine (C=N–C) groups is 2. The van der Waals surface area contributed by atoms with Crippen LogP contribution in [-0.2, 0) is 0 Å². The number of benzene rings is 1. The van der Waals surface area contributed by atoms with Gasteiger partial charge in [-0.15, -0.1) is 0 Å². The van der Waals surface area contributed by atoms with E-state index in [-0.39, 0.29) is 10.9 Å². The van der Waals surface area contributed by atoms with E-state index >= 15 is 0 Å². The van der Waals surface area contributed by atoms with Gasteiger partial charge in [0.2, 0.25) is 10.9 Å². The zero-order chi connectivity index (χ0) is 9.97. The van der Waals surface area contributed by atoms with E-state index in [4.69, 9.17) is 12.2 Å². The highest BCUT2D eigenvalue weighted by atomic mass is 32.1. The molecule has 0 spiro atoms. The fourth-order valence-corrected chi connectivity index (χ4v) is 1.28. The first-order valence-electron chi connectivity index (χ1n) is 4.04. The normalized spacial score (nSPS) is 14.3. The molecule has 14 heavy (non-hydrogen) atoms. The number of thiocarbonyl (C=S) groups is 1. The number of ketones is 1. The Labute approximate surface area is 86.2 Å². The standard InChI is InChI=1S/C10H6N2OS/c13-9(7-4-2-1-3-5-7)8-6-11-10(14)12-8/h1-6H. The molecule has 0 fully saturated rings. The lowest BCUT2D eigenvalue weighted by molar-refractivity contribution is 0.106. The molecule has 3 nitrogen and oxygen atoms in total. The third-order valence-electron chi connectivity index (χ3n) is 1.78. The number of hydrogen-bond acceptors (Lipinski definition) is 2. The molecule has 0 aromatic heterocycles. The van der Waals surface area contributed by atoms with Gasteiger partial charge in [-0.1, -0.05) is 30.3 Å². The van der Waals surface area contributed by atoms with Crippen LogP contribution in [0.3, 0.4) is 0 Å². The molecule has 1 aliphatic heterocycles. The molecule has 1 aliphatic rings. The maximum absolute atomic E-state index is 11.7. The van der Waals surface area contributed by atoms with Crippen molar-refractivity contribution in [3.05, 3.63) is 35.9 Å². The van der Waals surface area contributed by atoms with Gasteiger partial charge in [0.15, 0.2) is 0 Å². The predicted octanol–water partition coefficient (Wildman–Crippen LogP) is 1.68. The summed E-state index contributed by atoms with van der Waals surface area (Å²) in [6.07, 6.45) is 1.40. The van der Waals surface area contributed by atoms with Crippen LogP contribution in [0.4, 0.5) is 0 Å². The molecule has 0 atom stereocenters. The maximum atomic E-state index is 11.7. The van der Waals surface area contributed by atoms with Gasteiger partial charge in [0.1, 0.15) is 5.71 Å². The molecule has 4 heteroatoms. The third-order valence-corrected chi connectivity index (χ3v) is 1.98. The Morgan fingerprint density at radius 3 is 2.50 bits per heavy atom. The second-order valence-corrected chi connectivity index (χ2v) is 3.10. The molecular weight excluding hydrogens is 196 g/mol. The first-order chi connectivity index (χ1) is 6.77. The van der Waals surface area contributed by atoms with E-state index < -0.39 is 0 Å². The van der Waals surface area contributed by atoms with Gasteiger partial charge in [0.05, 0.1) is 6.21 Å². The third kappa shape index (κ3) is 1.65. The highest BCUT2D eigenvalue weighted by Gasteiger charge is 2.15. The maximum Gasteiger partial charge on any atom is 0.219 e. The van der Waals surface area contributed by atoms with Crippen LogP contribution in [0.2, 0.25) is 0 Å². The summed E-state index contributed by atoms with van der Waals surface area (Å²) in [6.45, 7) is 0. The summed E-state index contributed by atoms with van der Waals surface area (Å²) in [5.41, 5.74) is 0.906. The number of carbonyl (C=O) groups is 1. The van der Waals surface area contributed by atoms with Crippen molar-refractivity contribution in [1.82, 2.24) is 0 Å². The van der Waals surface area contributed by atoms with Gasteiger partial charge in [0, 0.05) is 5.56 Å². The zero-order valence-corrected chi connectivity index (χ0v) is 7.99. The molecule has 0 amide bonds. The van der Waals surface area contributed by atoms with Crippen LogP contribution in [0.1, 0.15) is 10.4 Å². The van der Waals surface area contributed by atoms with E-state index in [0.29, 0.717) is 11.3 Å². The monoisotopic (exact) mass is 202 g/mol. The minimum Gasteiger partial charge on any atom is -0.287 e. The van der Waals surface area contributed by atoms with Crippen molar-refractivity contribution in [2.24, 2.45) is 9.98 Å². The molecular formula is C10H6N2OS. The molecule has 1 heterocycles. The molecule has 68 valence electrons. The van der Waals surface area contributed by atoms with Crippen molar-refractivity contribution < 1.29 is 4.79 Å². The molecule has 0 aliphatic carbocycles. The van der Waals surface area contributed by atoms with Crippen LogP contribution in [0.5, 0.6) is 0 Å². The van der Waals surface area contributed by atoms with Crippen molar-refractivity contribution in [1.29, 1.82) is 0 Å². The number of nitrogens with zero attached hydrogens (tertiary/aromatic N) is 2. The van der Waals surface area contributed by atoms with Crippen molar-refractivity contribution in [2.75, 3.05) is 0 Å². The summed E-state index contributed by atoms with van der Waals surface area (Å²) < 4.78 is 0. The van der Waals surface area contributed by atoms with E-state index in [1.165, 1.54) is 6.21 Å². The van der Waals surface area contributed by atoms with Crippen LogP contribution < -0.4 is 0 Å². The molecule has 1 aromatic carbocycles. The first-order valence-corrected chi connectivity index (χ1v) is 4.44. The van der Waals surface area contributed by atoms with E-state index in [0.717, 1.165) is 0 Å². The van der Waals surface area contributed by atoms with Gasteiger partial charge in [-0.3, -0.25) is 4.79 Å². The Bertz CT molecular complexity index is 448. The SMILES string of the molecule is O=C(C1=NC(=S)N=C1)c1ccccc1. The molecule has 0 saturated heterocycles. The number of rotatable bonds is 2. The second kappa shape index (κ2) is 3.59. The quantitative estimate of drug-likeness (QED) is 0.541. The van der Waals surface area contributed by atoms with Crippen LogP contribution in [0.15, 0.2) is 40.3 Å². The lowest BCUT2D eigenvalue weighted by atomic mass is 10.1. The van der Waals surface area contributed by atoms with E-state index in [2.05, 4.69) is 9.98 Å². The van der Waals surface area contributed by atoms with Crippen LogP contribution in [-0.4, -0.2) is 22.8 Å². The number of Topliss-reactive ketones (excluding diaryl/α,β-unsaturated/α-hetero) is 1. The van der Waals surface area contributed by atoms with Crippen molar-refractivity contribution >= 4 is 35.0 Å². The van der Waals surface area contributed by atoms with Crippen molar-refractivity contribution in [3.63, 3.8) is 0 Å². The summed E-state index contributed by atoms with van der Waals surface area (Å²) in [6, 6.07) is 8.93.